The third-order valence-corrected chi connectivity index (χ3v) is 5.72. The van der Waals surface area contributed by atoms with Crippen molar-refractivity contribution in [3.63, 3.8) is 0 Å². The molecule has 17 heavy (non-hydrogen) atoms. The van der Waals surface area contributed by atoms with Crippen molar-refractivity contribution in [2.24, 2.45) is 23.7 Å². The Kier molecular flexibility index (Phi) is 1.75. The van der Waals surface area contributed by atoms with Crippen molar-refractivity contribution in [1.29, 1.82) is 0 Å². The molecule has 88 valence electrons. The van der Waals surface area contributed by atoms with Crippen molar-refractivity contribution in [3.8, 4) is 0 Å². The van der Waals surface area contributed by atoms with Gasteiger partial charge < -0.3 is 0 Å². The standard InChI is InChI=1S/C16H18O/c1-10(17)16(11-5-3-2-4-6-11)14-7-8-15(16)13-9-12(13)14/h2-6,12-15H,7-9H2,1H3. The average molecular weight is 226 g/mol. The minimum absolute atomic E-state index is 0.102. The van der Waals surface area contributed by atoms with Gasteiger partial charge in [0, 0.05) is 0 Å². The first-order valence-corrected chi connectivity index (χ1v) is 6.83. The van der Waals surface area contributed by atoms with E-state index in [0.29, 0.717) is 17.6 Å². The number of carbonyl (C=O) groups excluding carboxylic acids is 1. The van der Waals surface area contributed by atoms with Crippen LogP contribution < -0.4 is 0 Å². The summed E-state index contributed by atoms with van der Waals surface area (Å²) >= 11 is 0. The second-order valence-corrected chi connectivity index (χ2v) is 6.14. The molecule has 1 aromatic rings. The maximum atomic E-state index is 12.4. The van der Waals surface area contributed by atoms with Gasteiger partial charge in [0.15, 0.2) is 0 Å². The second-order valence-electron chi connectivity index (χ2n) is 6.14. The number of ketones is 1. The summed E-state index contributed by atoms with van der Waals surface area (Å²) in [6.07, 6.45) is 3.96. The molecule has 2 bridgehead atoms. The summed E-state index contributed by atoms with van der Waals surface area (Å²) in [7, 11) is 0. The molecule has 0 aliphatic heterocycles. The molecule has 0 heterocycles. The van der Waals surface area contributed by atoms with E-state index < -0.39 is 0 Å². The van der Waals surface area contributed by atoms with Crippen molar-refractivity contribution in [2.45, 2.75) is 31.6 Å². The summed E-state index contributed by atoms with van der Waals surface area (Å²) in [4.78, 5) is 12.4. The van der Waals surface area contributed by atoms with Crippen molar-refractivity contribution in [1.82, 2.24) is 0 Å². The van der Waals surface area contributed by atoms with Crippen LogP contribution in [0.15, 0.2) is 30.3 Å². The van der Waals surface area contributed by atoms with Crippen LogP contribution in [-0.4, -0.2) is 5.78 Å². The summed E-state index contributed by atoms with van der Waals surface area (Å²) in [6, 6.07) is 10.6. The van der Waals surface area contributed by atoms with Gasteiger partial charge >= 0.3 is 0 Å². The fourth-order valence-corrected chi connectivity index (χ4v) is 5.22. The molecule has 0 aromatic heterocycles. The lowest BCUT2D eigenvalue weighted by Gasteiger charge is -2.35. The molecule has 1 heteroatoms. The molecule has 0 amide bonds. The highest BCUT2D eigenvalue weighted by Crippen LogP contribution is 2.73. The maximum Gasteiger partial charge on any atom is 0.140 e. The summed E-state index contributed by atoms with van der Waals surface area (Å²) < 4.78 is 0. The van der Waals surface area contributed by atoms with Gasteiger partial charge in [-0.05, 0) is 55.4 Å². The number of carbonyl (C=O) groups is 1. The van der Waals surface area contributed by atoms with Crippen LogP contribution in [0.5, 0.6) is 0 Å². The average Bonchev–Trinajstić information content (AvgIpc) is 3.00. The number of Topliss-reactive ketones (excluding diaryl/α,β-unsaturated/α-hetero) is 1. The van der Waals surface area contributed by atoms with Crippen LogP contribution in [0, 0.1) is 23.7 Å². The lowest BCUT2D eigenvalue weighted by molar-refractivity contribution is -0.124. The van der Waals surface area contributed by atoms with Crippen molar-refractivity contribution >= 4 is 5.78 Å². The molecule has 1 aromatic carbocycles. The molecule has 3 aliphatic rings. The van der Waals surface area contributed by atoms with Crippen LogP contribution in [0.3, 0.4) is 0 Å². The van der Waals surface area contributed by atoms with E-state index >= 15 is 0 Å². The van der Waals surface area contributed by atoms with Gasteiger partial charge in [-0.2, -0.15) is 0 Å². The van der Waals surface area contributed by atoms with E-state index in [2.05, 4.69) is 30.3 Å². The van der Waals surface area contributed by atoms with Crippen LogP contribution in [0.2, 0.25) is 0 Å². The van der Waals surface area contributed by atoms with E-state index in [1.54, 1.807) is 0 Å². The normalized spacial score (nSPS) is 45.7. The SMILES string of the molecule is CC(=O)C1(c2ccccc2)C2CCC1C1CC12. The molecule has 3 fully saturated rings. The van der Waals surface area contributed by atoms with Gasteiger partial charge in [-0.15, -0.1) is 0 Å². The van der Waals surface area contributed by atoms with E-state index in [1.807, 2.05) is 6.92 Å². The zero-order chi connectivity index (χ0) is 11.6. The van der Waals surface area contributed by atoms with Gasteiger partial charge in [0.1, 0.15) is 5.78 Å². The summed E-state index contributed by atoms with van der Waals surface area (Å²) in [5.41, 5.74) is 1.20. The Bertz CT molecular complexity index is 460. The number of hydrogen-bond donors (Lipinski definition) is 0. The van der Waals surface area contributed by atoms with E-state index in [0.717, 1.165) is 11.8 Å². The molecule has 3 saturated carbocycles. The van der Waals surface area contributed by atoms with Gasteiger partial charge in [-0.25, -0.2) is 0 Å². The van der Waals surface area contributed by atoms with Crippen LogP contribution in [-0.2, 0) is 10.2 Å². The minimum Gasteiger partial charge on any atom is -0.299 e. The van der Waals surface area contributed by atoms with E-state index in [-0.39, 0.29) is 5.41 Å². The van der Waals surface area contributed by atoms with Crippen molar-refractivity contribution in [2.75, 3.05) is 0 Å². The van der Waals surface area contributed by atoms with Crippen LogP contribution in [0.4, 0.5) is 0 Å². The molecule has 1 nitrogen and oxygen atoms in total. The molecular weight excluding hydrogens is 208 g/mol. The number of rotatable bonds is 2. The number of hydrogen-bond acceptors (Lipinski definition) is 1. The van der Waals surface area contributed by atoms with Gasteiger partial charge in [-0.3, -0.25) is 4.79 Å². The minimum atomic E-state index is -0.102. The highest BCUT2D eigenvalue weighted by molar-refractivity contribution is 5.90. The smallest absolute Gasteiger partial charge is 0.140 e. The highest BCUT2D eigenvalue weighted by atomic mass is 16.1. The second kappa shape index (κ2) is 3.01. The number of benzene rings is 1. The fraction of sp³-hybridized carbons (Fsp3) is 0.562. The highest BCUT2D eigenvalue weighted by Gasteiger charge is 2.72. The lowest BCUT2D eigenvalue weighted by atomic mass is 9.66. The molecule has 4 atom stereocenters. The zero-order valence-electron chi connectivity index (χ0n) is 10.2. The van der Waals surface area contributed by atoms with E-state index in [1.165, 1.54) is 24.8 Å². The van der Waals surface area contributed by atoms with Crippen LogP contribution >= 0.6 is 0 Å². The van der Waals surface area contributed by atoms with Gasteiger partial charge in [0.2, 0.25) is 0 Å². The van der Waals surface area contributed by atoms with Gasteiger partial charge in [0.25, 0.3) is 0 Å². The summed E-state index contributed by atoms with van der Waals surface area (Å²) in [5.74, 6) is 3.47. The quantitative estimate of drug-likeness (QED) is 0.757. The maximum absolute atomic E-state index is 12.4. The predicted molar refractivity (Wildman–Crippen MR) is 66.6 cm³/mol. The molecule has 4 unspecified atom stereocenters. The fourth-order valence-electron chi connectivity index (χ4n) is 5.22. The monoisotopic (exact) mass is 226 g/mol. The zero-order valence-corrected chi connectivity index (χ0v) is 10.2. The predicted octanol–water partition coefficient (Wildman–Crippen LogP) is 3.19. The number of fused-ring (bicyclic) bond motifs is 5. The molecule has 3 aliphatic carbocycles. The summed E-state index contributed by atoms with van der Waals surface area (Å²) in [5, 5.41) is 0. The molecular formula is C16H18O. The van der Waals surface area contributed by atoms with Gasteiger partial charge in [-0.1, -0.05) is 30.3 Å². The Morgan fingerprint density at radius 3 is 2.24 bits per heavy atom. The molecule has 0 spiro atoms. The third-order valence-electron chi connectivity index (χ3n) is 5.72. The van der Waals surface area contributed by atoms with Crippen LogP contribution in [0.25, 0.3) is 0 Å². The molecule has 0 N–H and O–H groups in total. The van der Waals surface area contributed by atoms with Gasteiger partial charge in [0.05, 0.1) is 5.41 Å². The van der Waals surface area contributed by atoms with E-state index in [4.69, 9.17) is 0 Å². The Balaban J connectivity index is 1.90. The third kappa shape index (κ3) is 0.994. The first-order valence-electron chi connectivity index (χ1n) is 6.83. The Labute approximate surface area is 102 Å². The molecule has 0 radical (unpaired) electrons. The first-order chi connectivity index (χ1) is 8.26. The first kappa shape index (κ1) is 9.87. The Hall–Kier alpha value is -1.11. The molecule has 0 saturated heterocycles. The lowest BCUT2D eigenvalue weighted by Crippen LogP contribution is -2.41. The largest absolute Gasteiger partial charge is 0.299 e. The Morgan fingerprint density at radius 1 is 1.12 bits per heavy atom. The van der Waals surface area contributed by atoms with Crippen LogP contribution in [0.1, 0.15) is 31.7 Å². The Morgan fingerprint density at radius 2 is 1.71 bits per heavy atom. The summed E-state index contributed by atoms with van der Waals surface area (Å²) in [6.45, 7) is 1.82. The van der Waals surface area contributed by atoms with E-state index in [9.17, 15) is 4.79 Å². The topological polar surface area (TPSA) is 17.1 Å². The van der Waals surface area contributed by atoms with Crippen molar-refractivity contribution < 1.29 is 4.79 Å². The molecule has 4 rings (SSSR count). The van der Waals surface area contributed by atoms with Crippen molar-refractivity contribution in [3.05, 3.63) is 35.9 Å².